The van der Waals surface area contributed by atoms with Crippen LogP contribution in [0.5, 0.6) is 0 Å². The van der Waals surface area contributed by atoms with Gasteiger partial charge in [-0.3, -0.25) is 0 Å². The summed E-state index contributed by atoms with van der Waals surface area (Å²) >= 11 is 0. The van der Waals surface area contributed by atoms with Crippen molar-refractivity contribution in [1.82, 2.24) is 10.2 Å². The van der Waals surface area contributed by atoms with E-state index in [0.29, 0.717) is 6.04 Å². The van der Waals surface area contributed by atoms with Crippen LogP contribution >= 0.6 is 0 Å². The zero-order valence-corrected chi connectivity index (χ0v) is 9.76. The number of rotatable bonds is 4. The van der Waals surface area contributed by atoms with Crippen LogP contribution in [-0.2, 0) is 0 Å². The van der Waals surface area contributed by atoms with Crippen molar-refractivity contribution in [3.05, 3.63) is 17.8 Å². The maximum absolute atomic E-state index is 8.88. The van der Waals surface area contributed by atoms with Crippen molar-refractivity contribution in [1.29, 1.82) is 0 Å². The molecule has 2 rings (SSSR count). The Kier molecular flexibility index (Phi) is 3.72. The molecule has 2 heterocycles. The van der Waals surface area contributed by atoms with E-state index >= 15 is 0 Å². The Labute approximate surface area is 96.3 Å². The monoisotopic (exact) mass is 221 g/mol. The van der Waals surface area contributed by atoms with Crippen molar-refractivity contribution >= 4 is 5.82 Å². The Hall–Kier alpha value is -1.16. The maximum atomic E-state index is 8.88. The molecule has 1 aromatic heterocycles. The molecule has 1 aromatic rings. The summed E-state index contributed by atoms with van der Waals surface area (Å²) < 4.78 is 0. The second kappa shape index (κ2) is 5.25. The van der Waals surface area contributed by atoms with E-state index in [0.717, 1.165) is 30.8 Å². The van der Waals surface area contributed by atoms with E-state index in [1.807, 2.05) is 6.92 Å². The molecule has 1 fully saturated rings. The third kappa shape index (κ3) is 2.50. The summed E-state index contributed by atoms with van der Waals surface area (Å²) in [4.78, 5) is 2.33. The van der Waals surface area contributed by atoms with Crippen LogP contribution in [0.3, 0.4) is 0 Å². The van der Waals surface area contributed by atoms with Gasteiger partial charge in [-0.25, -0.2) is 0 Å². The molecule has 1 aliphatic rings. The number of aliphatic hydroxyl groups excluding tert-OH is 1. The number of aromatic nitrogens is 2. The lowest BCUT2D eigenvalue weighted by Gasteiger charge is -2.25. The van der Waals surface area contributed by atoms with E-state index in [2.05, 4.69) is 21.2 Å². The molecule has 4 heteroatoms. The second-order valence-corrected chi connectivity index (χ2v) is 4.45. The number of aryl methyl sites for hydroxylation is 1. The van der Waals surface area contributed by atoms with E-state index < -0.39 is 0 Å². The fourth-order valence-corrected chi connectivity index (χ4v) is 2.35. The van der Waals surface area contributed by atoms with Gasteiger partial charge in [0, 0.05) is 19.2 Å². The molecule has 0 amide bonds. The molecule has 0 spiro atoms. The zero-order chi connectivity index (χ0) is 11.4. The van der Waals surface area contributed by atoms with Crippen molar-refractivity contribution in [2.75, 3.05) is 18.1 Å². The molecule has 1 aliphatic heterocycles. The fourth-order valence-electron chi connectivity index (χ4n) is 2.35. The van der Waals surface area contributed by atoms with Crippen LogP contribution in [-0.4, -0.2) is 34.5 Å². The topological polar surface area (TPSA) is 49.2 Å². The lowest BCUT2D eigenvalue weighted by atomic mass is 10.1. The number of anilines is 1. The number of nitrogens with zero attached hydrogens (tertiary/aromatic N) is 3. The highest BCUT2D eigenvalue weighted by Gasteiger charge is 2.25. The van der Waals surface area contributed by atoms with Crippen LogP contribution in [0.25, 0.3) is 0 Å². The molecule has 0 bridgehead atoms. The molecule has 16 heavy (non-hydrogen) atoms. The summed E-state index contributed by atoms with van der Waals surface area (Å²) in [6.07, 6.45) is 6.12. The molecule has 1 atom stereocenters. The minimum Gasteiger partial charge on any atom is -0.396 e. The number of hydrogen-bond acceptors (Lipinski definition) is 4. The molecule has 1 unspecified atom stereocenters. The largest absolute Gasteiger partial charge is 0.396 e. The summed E-state index contributed by atoms with van der Waals surface area (Å²) in [5.74, 6) is 0.987. The quantitative estimate of drug-likeness (QED) is 0.837. The van der Waals surface area contributed by atoms with E-state index in [1.54, 1.807) is 6.20 Å². The third-order valence-corrected chi connectivity index (χ3v) is 3.15. The van der Waals surface area contributed by atoms with Gasteiger partial charge < -0.3 is 10.0 Å². The SMILES string of the molecule is Cc1cnnc(N2CCCC2CCCO)c1. The van der Waals surface area contributed by atoms with Gasteiger partial charge in [0.1, 0.15) is 0 Å². The summed E-state index contributed by atoms with van der Waals surface area (Å²) in [5.41, 5.74) is 1.15. The molecule has 1 N–H and O–H groups in total. The maximum Gasteiger partial charge on any atom is 0.151 e. The molecular weight excluding hydrogens is 202 g/mol. The lowest BCUT2D eigenvalue weighted by Crippen LogP contribution is -2.30. The van der Waals surface area contributed by atoms with Crippen LogP contribution in [0.1, 0.15) is 31.2 Å². The van der Waals surface area contributed by atoms with Crippen LogP contribution in [0, 0.1) is 6.92 Å². The molecule has 0 aromatic carbocycles. The van der Waals surface area contributed by atoms with Crippen LogP contribution < -0.4 is 4.90 Å². The smallest absolute Gasteiger partial charge is 0.151 e. The van der Waals surface area contributed by atoms with Crippen LogP contribution in [0.2, 0.25) is 0 Å². The zero-order valence-electron chi connectivity index (χ0n) is 9.76. The number of aliphatic hydroxyl groups is 1. The van der Waals surface area contributed by atoms with Crippen LogP contribution in [0.15, 0.2) is 12.3 Å². The van der Waals surface area contributed by atoms with Gasteiger partial charge in [-0.1, -0.05) is 0 Å². The van der Waals surface area contributed by atoms with Crippen LogP contribution in [0.4, 0.5) is 5.82 Å². The summed E-state index contributed by atoms with van der Waals surface area (Å²) in [5, 5.41) is 17.1. The molecule has 4 nitrogen and oxygen atoms in total. The van der Waals surface area contributed by atoms with Crippen molar-refractivity contribution in [3.63, 3.8) is 0 Å². The van der Waals surface area contributed by atoms with Gasteiger partial charge in [0.05, 0.1) is 6.20 Å². The Morgan fingerprint density at radius 1 is 1.56 bits per heavy atom. The van der Waals surface area contributed by atoms with Crippen molar-refractivity contribution in [3.8, 4) is 0 Å². The Morgan fingerprint density at radius 2 is 2.44 bits per heavy atom. The first-order valence-corrected chi connectivity index (χ1v) is 5.98. The Bertz CT molecular complexity index is 343. The van der Waals surface area contributed by atoms with E-state index in [1.165, 1.54) is 12.8 Å². The Balaban J connectivity index is 2.07. The summed E-state index contributed by atoms with van der Waals surface area (Å²) in [6, 6.07) is 2.62. The summed E-state index contributed by atoms with van der Waals surface area (Å²) in [6.45, 7) is 3.38. The highest BCUT2D eigenvalue weighted by Crippen LogP contribution is 2.26. The van der Waals surface area contributed by atoms with Gasteiger partial charge in [-0.05, 0) is 44.2 Å². The van der Waals surface area contributed by atoms with Gasteiger partial charge in [-0.2, -0.15) is 5.10 Å². The van der Waals surface area contributed by atoms with E-state index in [-0.39, 0.29) is 6.61 Å². The van der Waals surface area contributed by atoms with E-state index in [4.69, 9.17) is 5.11 Å². The molecule has 0 radical (unpaired) electrons. The standard InChI is InChI=1S/C12H19N3O/c1-10-8-12(14-13-9-10)15-6-2-4-11(15)5-3-7-16/h8-9,11,16H,2-7H2,1H3. The second-order valence-electron chi connectivity index (χ2n) is 4.45. The van der Waals surface area contributed by atoms with Gasteiger partial charge in [-0.15, -0.1) is 5.10 Å². The van der Waals surface area contributed by atoms with Gasteiger partial charge in [0.2, 0.25) is 0 Å². The minimum atomic E-state index is 0.282. The Morgan fingerprint density at radius 3 is 3.19 bits per heavy atom. The summed E-state index contributed by atoms with van der Waals surface area (Å²) in [7, 11) is 0. The van der Waals surface area contributed by atoms with Crippen molar-refractivity contribution < 1.29 is 5.11 Å². The predicted octanol–water partition coefficient (Wildman–Crippen LogP) is 1.53. The highest BCUT2D eigenvalue weighted by molar-refractivity contribution is 5.41. The van der Waals surface area contributed by atoms with Crippen molar-refractivity contribution in [2.45, 2.75) is 38.6 Å². The third-order valence-electron chi connectivity index (χ3n) is 3.15. The van der Waals surface area contributed by atoms with Gasteiger partial charge in [0.15, 0.2) is 5.82 Å². The average Bonchev–Trinajstić information content (AvgIpc) is 2.74. The molecular formula is C12H19N3O. The molecule has 0 saturated carbocycles. The molecule has 0 aliphatic carbocycles. The fraction of sp³-hybridized carbons (Fsp3) is 0.667. The van der Waals surface area contributed by atoms with Gasteiger partial charge in [0.25, 0.3) is 0 Å². The predicted molar refractivity (Wildman–Crippen MR) is 63.5 cm³/mol. The number of hydrogen-bond donors (Lipinski definition) is 1. The average molecular weight is 221 g/mol. The first kappa shape index (κ1) is 11.3. The minimum absolute atomic E-state index is 0.282. The first-order valence-electron chi connectivity index (χ1n) is 5.98. The van der Waals surface area contributed by atoms with Gasteiger partial charge >= 0.3 is 0 Å². The first-order chi connectivity index (χ1) is 7.81. The molecule has 1 saturated heterocycles. The molecule has 88 valence electrons. The van der Waals surface area contributed by atoms with Crippen molar-refractivity contribution in [2.24, 2.45) is 0 Å². The lowest BCUT2D eigenvalue weighted by molar-refractivity contribution is 0.279. The normalized spacial score (nSPS) is 20.4. The highest BCUT2D eigenvalue weighted by atomic mass is 16.2. The van der Waals surface area contributed by atoms with E-state index in [9.17, 15) is 0 Å².